The first-order chi connectivity index (χ1) is 9.53. The molecular formula is C18H30N2. The van der Waals surface area contributed by atoms with Gasteiger partial charge in [0, 0.05) is 17.8 Å². The minimum absolute atomic E-state index is 0.103. The Morgan fingerprint density at radius 2 is 2.20 bits per heavy atom. The van der Waals surface area contributed by atoms with Gasteiger partial charge in [-0.3, -0.25) is 0 Å². The monoisotopic (exact) mass is 274 g/mol. The number of nitrogens with one attached hydrogen (secondary N) is 1. The Labute approximate surface area is 124 Å². The zero-order valence-corrected chi connectivity index (χ0v) is 13.3. The van der Waals surface area contributed by atoms with Crippen LogP contribution in [0.1, 0.15) is 51.5 Å². The molecule has 112 valence electrons. The van der Waals surface area contributed by atoms with Gasteiger partial charge in [0.1, 0.15) is 0 Å². The molecule has 1 fully saturated rings. The van der Waals surface area contributed by atoms with Crippen molar-refractivity contribution >= 4 is 5.69 Å². The summed E-state index contributed by atoms with van der Waals surface area (Å²) in [5.74, 6) is 1.61. The van der Waals surface area contributed by atoms with Gasteiger partial charge in [-0.05, 0) is 55.7 Å². The summed E-state index contributed by atoms with van der Waals surface area (Å²) in [5, 5.41) is 3.76. The third kappa shape index (κ3) is 3.99. The summed E-state index contributed by atoms with van der Waals surface area (Å²) in [7, 11) is 0. The molecular weight excluding hydrogens is 244 g/mol. The highest BCUT2D eigenvalue weighted by Crippen LogP contribution is 2.37. The van der Waals surface area contributed by atoms with E-state index >= 15 is 0 Å². The predicted molar refractivity (Wildman–Crippen MR) is 88.0 cm³/mol. The van der Waals surface area contributed by atoms with E-state index in [2.05, 4.69) is 50.4 Å². The molecule has 1 saturated carbocycles. The van der Waals surface area contributed by atoms with Crippen LogP contribution >= 0.6 is 0 Å². The summed E-state index contributed by atoms with van der Waals surface area (Å²) in [6.45, 7) is 7.53. The summed E-state index contributed by atoms with van der Waals surface area (Å²) >= 11 is 0. The van der Waals surface area contributed by atoms with E-state index in [9.17, 15) is 0 Å². The van der Waals surface area contributed by atoms with Crippen LogP contribution in [0.3, 0.4) is 0 Å². The van der Waals surface area contributed by atoms with Crippen molar-refractivity contribution in [3.63, 3.8) is 0 Å². The highest BCUT2D eigenvalue weighted by atomic mass is 15.0. The molecule has 0 amide bonds. The van der Waals surface area contributed by atoms with Crippen LogP contribution in [0.5, 0.6) is 0 Å². The fourth-order valence-electron chi connectivity index (χ4n) is 3.73. The Balaban J connectivity index is 2.08. The third-order valence-electron chi connectivity index (χ3n) is 4.57. The van der Waals surface area contributed by atoms with Crippen LogP contribution in [-0.2, 0) is 0 Å². The Morgan fingerprint density at radius 3 is 2.85 bits per heavy atom. The number of benzene rings is 1. The van der Waals surface area contributed by atoms with E-state index in [1.165, 1.54) is 43.4 Å². The Hall–Kier alpha value is -1.02. The Morgan fingerprint density at radius 1 is 1.40 bits per heavy atom. The summed E-state index contributed by atoms with van der Waals surface area (Å²) in [5.41, 5.74) is 8.78. The zero-order valence-electron chi connectivity index (χ0n) is 13.3. The summed E-state index contributed by atoms with van der Waals surface area (Å²) < 4.78 is 0. The molecule has 0 aliphatic heterocycles. The first-order valence-electron chi connectivity index (χ1n) is 8.08. The molecule has 0 bridgehead atoms. The molecule has 3 N–H and O–H groups in total. The fourth-order valence-corrected chi connectivity index (χ4v) is 3.73. The van der Waals surface area contributed by atoms with Gasteiger partial charge in [0.15, 0.2) is 0 Å². The number of hydrogen-bond acceptors (Lipinski definition) is 2. The molecule has 2 nitrogen and oxygen atoms in total. The lowest BCUT2D eigenvalue weighted by molar-refractivity contribution is 0.223. The molecule has 0 spiro atoms. The zero-order chi connectivity index (χ0) is 14.6. The molecule has 1 aromatic rings. The van der Waals surface area contributed by atoms with Crippen molar-refractivity contribution in [2.75, 3.05) is 11.9 Å². The van der Waals surface area contributed by atoms with E-state index in [-0.39, 0.29) is 5.54 Å². The van der Waals surface area contributed by atoms with Crippen LogP contribution < -0.4 is 11.1 Å². The van der Waals surface area contributed by atoms with Crippen LogP contribution in [-0.4, -0.2) is 12.1 Å². The SMILES string of the molecule is Cc1cccc(NC2(CN)CCCC(CC(C)C)C2)c1. The van der Waals surface area contributed by atoms with Gasteiger partial charge in [0.2, 0.25) is 0 Å². The van der Waals surface area contributed by atoms with E-state index in [0.717, 1.165) is 18.4 Å². The molecule has 2 rings (SSSR count). The lowest BCUT2D eigenvalue weighted by Crippen LogP contribution is -2.49. The second kappa shape index (κ2) is 6.62. The molecule has 0 heterocycles. The van der Waals surface area contributed by atoms with Gasteiger partial charge in [-0.25, -0.2) is 0 Å². The van der Waals surface area contributed by atoms with E-state index in [4.69, 9.17) is 5.73 Å². The van der Waals surface area contributed by atoms with Crippen molar-refractivity contribution in [2.24, 2.45) is 17.6 Å². The highest BCUT2D eigenvalue weighted by Gasteiger charge is 2.35. The van der Waals surface area contributed by atoms with Crippen LogP contribution in [0, 0.1) is 18.8 Å². The summed E-state index contributed by atoms with van der Waals surface area (Å²) in [4.78, 5) is 0. The van der Waals surface area contributed by atoms with Crippen molar-refractivity contribution < 1.29 is 0 Å². The minimum Gasteiger partial charge on any atom is -0.378 e. The highest BCUT2D eigenvalue weighted by molar-refractivity contribution is 5.48. The van der Waals surface area contributed by atoms with Crippen molar-refractivity contribution in [2.45, 2.75) is 58.4 Å². The average Bonchev–Trinajstić information content (AvgIpc) is 2.38. The lowest BCUT2D eigenvalue weighted by Gasteiger charge is -2.42. The Kier molecular flexibility index (Phi) is 5.09. The molecule has 2 unspecified atom stereocenters. The minimum atomic E-state index is 0.103. The molecule has 0 saturated heterocycles. The van der Waals surface area contributed by atoms with Gasteiger partial charge in [-0.1, -0.05) is 38.8 Å². The standard InChI is InChI=1S/C18H30N2/c1-14(2)10-16-7-5-9-18(12-16,13-19)20-17-8-4-6-15(3)11-17/h4,6,8,11,14,16,20H,5,7,9-10,12-13,19H2,1-3H3. The van der Waals surface area contributed by atoms with Crippen LogP contribution in [0.25, 0.3) is 0 Å². The van der Waals surface area contributed by atoms with Crippen LogP contribution in [0.4, 0.5) is 5.69 Å². The number of rotatable bonds is 5. The second-order valence-corrected chi connectivity index (χ2v) is 7.07. The van der Waals surface area contributed by atoms with E-state index in [1.54, 1.807) is 0 Å². The van der Waals surface area contributed by atoms with Gasteiger partial charge in [0.25, 0.3) is 0 Å². The maximum atomic E-state index is 6.15. The van der Waals surface area contributed by atoms with Gasteiger partial charge in [-0.15, -0.1) is 0 Å². The first-order valence-corrected chi connectivity index (χ1v) is 8.08. The van der Waals surface area contributed by atoms with Gasteiger partial charge in [0.05, 0.1) is 0 Å². The van der Waals surface area contributed by atoms with Crippen molar-refractivity contribution in [1.29, 1.82) is 0 Å². The molecule has 20 heavy (non-hydrogen) atoms. The molecule has 0 aromatic heterocycles. The number of aryl methyl sites for hydroxylation is 1. The predicted octanol–water partition coefficient (Wildman–Crippen LogP) is 4.34. The largest absolute Gasteiger partial charge is 0.378 e. The number of hydrogen-bond donors (Lipinski definition) is 2. The third-order valence-corrected chi connectivity index (χ3v) is 4.57. The van der Waals surface area contributed by atoms with E-state index in [1.807, 2.05) is 0 Å². The first kappa shape index (κ1) is 15.4. The van der Waals surface area contributed by atoms with Crippen LogP contribution in [0.15, 0.2) is 24.3 Å². The van der Waals surface area contributed by atoms with Gasteiger partial charge >= 0.3 is 0 Å². The summed E-state index contributed by atoms with van der Waals surface area (Å²) in [6.07, 6.45) is 6.42. The normalized spacial score (nSPS) is 26.8. The Bertz CT molecular complexity index is 427. The second-order valence-electron chi connectivity index (χ2n) is 7.07. The van der Waals surface area contributed by atoms with E-state index < -0.39 is 0 Å². The quantitative estimate of drug-likeness (QED) is 0.838. The topological polar surface area (TPSA) is 38.0 Å². The lowest BCUT2D eigenvalue weighted by atomic mass is 9.73. The van der Waals surface area contributed by atoms with Gasteiger partial charge < -0.3 is 11.1 Å². The fraction of sp³-hybridized carbons (Fsp3) is 0.667. The van der Waals surface area contributed by atoms with Crippen molar-refractivity contribution in [3.05, 3.63) is 29.8 Å². The molecule has 1 aromatic carbocycles. The molecule has 2 atom stereocenters. The number of nitrogens with two attached hydrogens (primary N) is 1. The van der Waals surface area contributed by atoms with Crippen molar-refractivity contribution in [1.82, 2.24) is 0 Å². The molecule has 0 radical (unpaired) electrons. The average molecular weight is 274 g/mol. The van der Waals surface area contributed by atoms with Crippen molar-refractivity contribution in [3.8, 4) is 0 Å². The number of anilines is 1. The van der Waals surface area contributed by atoms with Gasteiger partial charge in [-0.2, -0.15) is 0 Å². The van der Waals surface area contributed by atoms with Crippen LogP contribution in [0.2, 0.25) is 0 Å². The molecule has 1 aliphatic rings. The maximum Gasteiger partial charge on any atom is 0.0498 e. The summed E-state index contributed by atoms with van der Waals surface area (Å²) in [6, 6.07) is 8.65. The maximum absolute atomic E-state index is 6.15. The molecule has 1 aliphatic carbocycles. The molecule has 2 heteroatoms. The smallest absolute Gasteiger partial charge is 0.0498 e. The van der Waals surface area contributed by atoms with E-state index in [0.29, 0.717) is 0 Å².